The van der Waals surface area contributed by atoms with Crippen LogP contribution in [-0.4, -0.2) is 84.0 Å². The molecule has 0 saturated heterocycles. The number of benzene rings is 2. The normalized spacial score (nSPS) is 29.0. The maximum atomic E-state index is 14.2. The summed E-state index contributed by atoms with van der Waals surface area (Å²) in [7, 11) is 6.69. The zero-order valence-corrected chi connectivity index (χ0v) is 23.6. The van der Waals surface area contributed by atoms with Gasteiger partial charge in [0.15, 0.2) is 34.7 Å². The number of hydrogen-bond acceptors (Lipinski definition) is 10. The van der Waals surface area contributed by atoms with E-state index in [1.54, 1.807) is 51.3 Å². The fourth-order valence-electron chi connectivity index (χ4n) is 7.35. The predicted octanol–water partition coefficient (Wildman–Crippen LogP) is 1.35. The Morgan fingerprint density at radius 3 is 2.36 bits per heavy atom. The summed E-state index contributed by atoms with van der Waals surface area (Å²) >= 11 is 0. The first-order valence-corrected chi connectivity index (χ1v) is 13.7. The van der Waals surface area contributed by atoms with Gasteiger partial charge in [0.05, 0.1) is 23.1 Å². The number of carbonyl (C=O) groups excluding carboxylic acids is 5. The third-order valence-corrected chi connectivity index (χ3v) is 9.21. The SMILES string of the molecule is CN(C)c1cc(-c2cc3ccccc3o2)c(O)c2c1C[C@H]1C[C@H]3[C@H](N(C)C)C(=O)C(C(N)=O)C(=O)[C@@]3(O)C(=O)C1C2=O. The number of rotatable bonds is 4. The molecule has 2 saturated carbocycles. The van der Waals surface area contributed by atoms with Crippen LogP contribution in [0.1, 0.15) is 22.3 Å². The maximum Gasteiger partial charge on any atom is 0.235 e. The monoisotopic (exact) mass is 573 g/mol. The topological polar surface area (TPSA) is 171 Å². The van der Waals surface area contributed by atoms with Gasteiger partial charge in [-0.2, -0.15) is 0 Å². The standard InChI is InChI=1S/C31H31N3O8/c1-33(2)18-12-16(20-11-13-7-5-6-8-19(13)42-20)25(35)22-15(18)9-14-10-17-24(34(3)4)27(37)23(30(32)40)29(39)31(17,41)28(38)21(14)26(22)36/h5-8,11-12,14,17,21,23-24,35,41H,9-10H2,1-4H3,(H2,32,40)/t14-,17-,21?,23?,24-,31-/m0/s1. The van der Waals surface area contributed by atoms with Crippen LogP contribution in [0.5, 0.6) is 5.75 Å². The van der Waals surface area contributed by atoms with E-state index in [4.69, 9.17) is 10.2 Å². The summed E-state index contributed by atoms with van der Waals surface area (Å²) in [5, 5.41) is 24.1. The number of primary amides is 1. The van der Waals surface area contributed by atoms with Crippen molar-refractivity contribution in [2.45, 2.75) is 24.5 Å². The molecule has 2 fully saturated rings. The molecule has 1 amide bonds. The number of phenolic OH excluding ortho intramolecular Hbond substituents is 1. The molecule has 4 N–H and O–H groups in total. The van der Waals surface area contributed by atoms with Gasteiger partial charge in [0.1, 0.15) is 17.1 Å². The van der Waals surface area contributed by atoms with Gasteiger partial charge in [-0.1, -0.05) is 18.2 Å². The number of nitrogens with zero attached hydrogens (tertiary/aromatic N) is 2. The molecule has 0 bridgehead atoms. The van der Waals surface area contributed by atoms with E-state index < -0.39 is 64.4 Å². The van der Waals surface area contributed by atoms with Crippen molar-refractivity contribution in [1.29, 1.82) is 0 Å². The number of carbonyl (C=O) groups is 5. The van der Waals surface area contributed by atoms with Crippen LogP contribution in [0, 0.1) is 23.7 Å². The molecule has 11 heteroatoms. The summed E-state index contributed by atoms with van der Waals surface area (Å²) in [5.41, 5.74) is 4.53. The Labute approximate surface area is 240 Å². The number of aliphatic hydroxyl groups is 1. The molecule has 3 aromatic rings. The second kappa shape index (κ2) is 9.33. The first kappa shape index (κ1) is 27.8. The van der Waals surface area contributed by atoms with Crippen molar-refractivity contribution in [2.24, 2.45) is 29.4 Å². The molecule has 3 aliphatic rings. The number of fused-ring (bicyclic) bond motifs is 4. The fourth-order valence-corrected chi connectivity index (χ4v) is 7.35. The van der Waals surface area contributed by atoms with E-state index in [9.17, 15) is 34.2 Å². The van der Waals surface area contributed by atoms with Crippen LogP contribution < -0.4 is 10.6 Å². The van der Waals surface area contributed by atoms with Gasteiger partial charge in [0.25, 0.3) is 0 Å². The number of hydrogen-bond donors (Lipinski definition) is 3. The lowest BCUT2D eigenvalue weighted by atomic mass is 9.52. The predicted molar refractivity (Wildman–Crippen MR) is 151 cm³/mol. The van der Waals surface area contributed by atoms with Crippen molar-refractivity contribution in [2.75, 3.05) is 33.1 Å². The summed E-state index contributed by atoms with van der Waals surface area (Å²) in [6, 6.07) is 9.62. The quantitative estimate of drug-likeness (QED) is 0.387. The van der Waals surface area contributed by atoms with E-state index in [1.807, 2.05) is 18.2 Å². The zero-order valence-electron chi connectivity index (χ0n) is 23.6. The Bertz CT molecular complexity index is 1690. The number of ketones is 4. The molecule has 6 rings (SSSR count). The van der Waals surface area contributed by atoms with Gasteiger partial charge in [-0.25, -0.2) is 0 Å². The summed E-state index contributed by atoms with van der Waals surface area (Å²) in [4.78, 5) is 70.5. The molecule has 0 radical (unpaired) electrons. The molecule has 1 aromatic heterocycles. The first-order valence-electron chi connectivity index (χ1n) is 13.7. The van der Waals surface area contributed by atoms with Gasteiger partial charge in [0.2, 0.25) is 5.91 Å². The third kappa shape index (κ3) is 3.63. The minimum absolute atomic E-state index is 0.0111. The van der Waals surface area contributed by atoms with E-state index in [0.717, 1.165) is 5.39 Å². The highest BCUT2D eigenvalue weighted by molar-refractivity contribution is 6.32. The molecular formula is C31H31N3O8. The minimum Gasteiger partial charge on any atom is -0.506 e. The molecule has 3 aliphatic carbocycles. The molecule has 6 atom stereocenters. The van der Waals surface area contributed by atoms with Crippen molar-refractivity contribution in [3.63, 3.8) is 0 Å². The van der Waals surface area contributed by atoms with Crippen LogP contribution in [-0.2, 0) is 25.6 Å². The molecule has 218 valence electrons. The number of furan rings is 1. The number of para-hydroxylation sites is 1. The third-order valence-electron chi connectivity index (χ3n) is 9.21. The van der Waals surface area contributed by atoms with Crippen molar-refractivity contribution >= 4 is 45.7 Å². The van der Waals surface area contributed by atoms with Crippen LogP contribution >= 0.6 is 0 Å². The van der Waals surface area contributed by atoms with E-state index >= 15 is 0 Å². The highest BCUT2D eigenvalue weighted by Gasteiger charge is 2.69. The largest absolute Gasteiger partial charge is 0.506 e. The molecule has 11 nitrogen and oxygen atoms in total. The van der Waals surface area contributed by atoms with Crippen LogP contribution in [0.25, 0.3) is 22.3 Å². The highest BCUT2D eigenvalue weighted by atomic mass is 16.3. The molecular weight excluding hydrogens is 542 g/mol. The van der Waals surface area contributed by atoms with Crippen molar-refractivity contribution < 1.29 is 38.6 Å². The van der Waals surface area contributed by atoms with Crippen LogP contribution in [0.2, 0.25) is 0 Å². The van der Waals surface area contributed by atoms with Crippen LogP contribution in [0.4, 0.5) is 5.69 Å². The zero-order chi connectivity index (χ0) is 30.4. The van der Waals surface area contributed by atoms with Gasteiger partial charge >= 0.3 is 0 Å². The molecule has 42 heavy (non-hydrogen) atoms. The maximum absolute atomic E-state index is 14.2. The number of Topliss-reactive ketones (excluding diaryl/α,β-unsaturated/α-hetero) is 4. The molecule has 1 heterocycles. The molecule has 2 aromatic carbocycles. The minimum atomic E-state index is -2.77. The number of amides is 1. The van der Waals surface area contributed by atoms with Crippen molar-refractivity contribution in [3.8, 4) is 17.1 Å². The first-order chi connectivity index (χ1) is 19.8. The lowest BCUT2D eigenvalue weighted by Gasteiger charge is -2.52. The van der Waals surface area contributed by atoms with E-state index in [1.165, 1.54) is 4.90 Å². The van der Waals surface area contributed by atoms with E-state index in [-0.39, 0.29) is 29.7 Å². The fraction of sp³-hybridized carbons (Fsp3) is 0.387. The number of aromatic hydroxyl groups is 1. The average Bonchev–Trinajstić information content (AvgIpc) is 3.34. The molecule has 0 aliphatic heterocycles. The number of likely N-dealkylation sites (N-methyl/N-ethyl adjacent to an activating group) is 1. The summed E-state index contributed by atoms with van der Waals surface area (Å²) < 4.78 is 5.98. The Morgan fingerprint density at radius 1 is 1.05 bits per heavy atom. The second-order valence-electron chi connectivity index (χ2n) is 12.0. The Kier molecular flexibility index (Phi) is 6.18. The van der Waals surface area contributed by atoms with Gasteiger partial charge in [0, 0.05) is 31.1 Å². The lowest BCUT2D eigenvalue weighted by Crippen LogP contribution is -2.74. The Hall–Kier alpha value is -4.35. The van der Waals surface area contributed by atoms with Gasteiger partial charge in [-0.15, -0.1) is 0 Å². The van der Waals surface area contributed by atoms with E-state index in [0.29, 0.717) is 22.6 Å². The molecule has 0 spiro atoms. The van der Waals surface area contributed by atoms with Gasteiger partial charge < -0.3 is 25.3 Å². The van der Waals surface area contributed by atoms with Crippen molar-refractivity contribution in [1.82, 2.24) is 4.90 Å². The number of nitrogens with two attached hydrogens (primary N) is 1. The molecule has 2 unspecified atom stereocenters. The summed E-state index contributed by atoms with van der Waals surface area (Å²) in [6.07, 6.45) is 0.163. The smallest absolute Gasteiger partial charge is 0.235 e. The van der Waals surface area contributed by atoms with Crippen LogP contribution in [0.3, 0.4) is 0 Å². The van der Waals surface area contributed by atoms with Crippen LogP contribution in [0.15, 0.2) is 40.8 Å². The number of phenols is 1. The Balaban J connectivity index is 1.52. The summed E-state index contributed by atoms with van der Waals surface area (Å²) in [6.45, 7) is 0. The van der Waals surface area contributed by atoms with E-state index in [2.05, 4.69) is 0 Å². The second-order valence-corrected chi connectivity index (χ2v) is 12.0. The Morgan fingerprint density at radius 2 is 1.74 bits per heavy atom. The lowest BCUT2D eigenvalue weighted by molar-refractivity contribution is -0.181. The van der Waals surface area contributed by atoms with Crippen molar-refractivity contribution in [3.05, 3.63) is 47.5 Å². The highest BCUT2D eigenvalue weighted by Crippen LogP contribution is 2.53. The number of anilines is 1. The summed E-state index contributed by atoms with van der Waals surface area (Å²) in [5.74, 6) is -10.5. The van der Waals surface area contributed by atoms with Gasteiger partial charge in [-0.3, -0.25) is 28.9 Å². The van der Waals surface area contributed by atoms with Gasteiger partial charge in [-0.05, 0) is 56.6 Å². The average molecular weight is 574 g/mol.